The number of carbonyl (C=O) groups excluding carboxylic acids is 1. The average Bonchev–Trinajstić information content (AvgIpc) is 2.19. The standard InChI is InChI=1S/C10H13IN2O2.ClH/c1-15-9(6-12)10(14)13-8-4-2-3-7(11)5-8;/h2-5,9H,6,12H2,1H3,(H,13,14);1H. The Morgan fingerprint density at radius 1 is 1.62 bits per heavy atom. The number of hydrogen-bond donors (Lipinski definition) is 2. The Hall–Kier alpha value is -0.370. The van der Waals surface area contributed by atoms with E-state index in [0.717, 1.165) is 9.26 Å². The molecular formula is C10H14ClIN2O2. The molecule has 0 saturated carbocycles. The van der Waals surface area contributed by atoms with Crippen LogP contribution in [0.1, 0.15) is 0 Å². The first-order valence-electron chi connectivity index (χ1n) is 4.46. The van der Waals surface area contributed by atoms with Gasteiger partial charge in [0.1, 0.15) is 6.10 Å². The fourth-order valence-corrected chi connectivity index (χ4v) is 1.64. The Morgan fingerprint density at radius 2 is 2.31 bits per heavy atom. The molecule has 0 aliphatic heterocycles. The van der Waals surface area contributed by atoms with Crippen molar-refractivity contribution >= 4 is 46.6 Å². The summed E-state index contributed by atoms with van der Waals surface area (Å²) < 4.78 is 5.99. The molecule has 0 fully saturated rings. The number of nitrogens with two attached hydrogens (primary N) is 1. The highest BCUT2D eigenvalue weighted by Gasteiger charge is 2.15. The lowest BCUT2D eigenvalue weighted by Gasteiger charge is -2.12. The quantitative estimate of drug-likeness (QED) is 0.806. The Balaban J connectivity index is 0.00000225. The molecule has 0 aromatic heterocycles. The van der Waals surface area contributed by atoms with E-state index in [1.165, 1.54) is 7.11 Å². The molecule has 1 aromatic carbocycles. The van der Waals surface area contributed by atoms with E-state index in [-0.39, 0.29) is 24.9 Å². The second kappa shape index (κ2) is 7.83. The van der Waals surface area contributed by atoms with Crippen LogP contribution in [0.5, 0.6) is 0 Å². The van der Waals surface area contributed by atoms with Crippen molar-refractivity contribution in [3.63, 3.8) is 0 Å². The molecule has 90 valence electrons. The fraction of sp³-hybridized carbons (Fsp3) is 0.300. The minimum absolute atomic E-state index is 0. The van der Waals surface area contributed by atoms with Crippen LogP contribution in [0.15, 0.2) is 24.3 Å². The molecule has 16 heavy (non-hydrogen) atoms. The summed E-state index contributed by atoms with van der Waals surface area (Å²) in [5.41, 5.74) is 6.13. The van der Waals surface area contributed by atoms with Crippen LogP contribution >= 0.6 is 35.0 Å². The number of anilines is 1. The molecule has 1 aromatic rings. The molecule has 0 radical (unpaired) electrons. The van der Waals surface area contributed by atoms with Crippen LogP contribution in [0.3, 0.4) is 0 Å². The molecule has 0 aliphatic rings. The number of rotatable bonds is 4. The summed E-state index contributed by atoms with van der Waals surface area (Å²) in [5.74, 6) is -0.220. The lowest BCUT2D eigenvalue weighted by molar-refractivity contribution is -0.125. The molecule has 1 atom stereocenters. The van der Waals surface area contributed by atoms with Crippen LogP contribution in [-0.2, 0) is 9.53 Å². The fourth-order valence-electron chi connectivity index (χ4n) is 1.10. The zero-order valence-electron chi connectivity index (χ0n) is 8.77. The molecule has 0 spiro atoms. The number of ether oxygens (including phenoxy) is 1. The SMILES string of the molecule is COC(CN)C(=O)Nc1cccc(I)c1.Cl. The van der Waals surface area contributed by atoms with Crippen molar-refractivity contribution in [1.82, 2.24) is 0 Å². The maximum absolute atomic E-state index is 11.6. The van der Waals surface area contributed by atoms with Gasteiger partial charge >= 0.3 is 0 Å². The summed E-state index contributed by atoms with van der Waals surface area (Å²) in [7, 11) is 1.46. The van der Waals surface area contributed by atoms with E-state index in [4.69, 9.17) is 10.5 Å². The number of nitrogens with one attached hydrogen (secondary N) is 1. The van der Waals surface area contributed by atoms with Crippen molar-refractivity contribution in [1.29, 1.82) is 0 Å². The highest BCUT2D eigenvalue weighted by Crippen LogP contribution is 2.12. The summed E-state index contributed by atoms with van der Waals surface area (Å²) in [6.07, 6.45) is -0.595. The second-order valence-electron chi connectivity index (χ2n) is 2.96. The zero-order chi connectivity index (χ0) is 11.3. The number of amides is 1. The lowest BCUT2D eigenvalue weighted by Crippen LogP contribution is -2.35. The van der Waals surface area contributed by atoms with Gasteiger partial charge in [0.25, 0.3) is 5.91 Å². The van der Waals surface area contributed by atoms with E-state index in [2.05, 4.69) is 27.9 Å². The number of halogens is 2. The zero-order valence-corrected chi connectivity index (χ0v) is 11.7. The number of methoxy groups -OCH3 is 1. The highest BCUT2D eigenvalue weighted by atomic mass is 127. The maximum Gasteiger partial charge on any atom is 0.254 e. The smallest absolute Gasteiger partial charge is 0.254 e. The predicted molar refractivity (Wildman–Crippen MR) is 74.9 cm³/mol. The first-order chi connectivity index (χ1) is 7.17. The van der Waals surface area contributed by atoms with Crippen molar-refractivity contribution < 1.29 is 9.53 Å². The van der Waals surface area contributed by atoms with Gasteiger partial charge in [-0.2, -0.15) is 0 Å². The maximum atomic E-state index is 11.6. The normalized spacial score (nSPS) is 11.4. The summed E-state index contributed by atoms with van der Waals surface area (Å²) in [6, 6.07) is 7.53. The third-order valence-electron chi connectivity index (χ3n) is 1.88. The predicted octanol–water partition coefficient (Wildman–Crippen LogP) is 1.63. The first-order valence-corrected chi connectivity index (χ1v) is 5.54. The molecule has 1 unspecified atom stereocenters. The van der Waals surface area contributed by atoms with E-state index in [0.29, 0.717) is 0 Å². The van der Waals surface area contributed by atoms with Crippen molar-refractivity contribution in [2.75, 3.05) is 19.0 Å². The molecular weight excluding hydrogens is 342 g/mol. The molecule has 3 N–H and O–H groups in total. The van der Waals surface area contributed by atoms with Crippen molar-refractivity contribution in [3.8, 4) is 0 Å². The third-order valence-corrected chi connectivity index (χ3v) is 2.55. The molecule has 0 aliphatic carbocycles. The summed E-state index contributed by atoms with van der Waals surface area (Å²) in [5, 5.41) is 2.74. The van der Waals surface area contributed by atoms with Gasteiger partial charge in [0.05, 0.1) is 0 Å². The molecule has 1 rings (SSSR count). The van der Waals surface area contributed by atoms with Crippen LogP contribution in [0.25, 0.3) is 0 Å². The number of benzene rings is 1. The van der Waals surface area contributed by atoms with E-state index in [9.17, 15) is 4.79 Å². The van der Waals surface area contributed by atoms with Crippen molar-refractivity contribution in [2.24, 2.45) is 5.73 Å². The van der Waals surface area contributed by atoms with Gasteiger partial charge in [0, 0.05) is 22.9 Å². The van der Waals surface area contributed by atoms with Crippen LogP contribution in [0.2, 0.25) is 0 Å². The average molecular weight is 357 g/mol. The number of hydrogen-bond acceptors (Lipinski definition) is 3. The van der Waals surface area contributed by atoms with Gasteiger partial charge in [-0.05, 0) is 40.8 Å². The molecule has 4 nitrogen and oxygen atoms in total. The van der Waals surface area contributed by atoms with Gasteiger partial charge < -0.3 is 15.8 Å². The Labute approximate surface area is 114 Å². The van der Waals surface area contributed by atoms with Gasteiger partial charge in [-0.15, -0.1) is 12.4 Å². The van der Waals surface area contributed by atoms with Crippen LogP contribution in [0, 0.1) is 3.57 Å². The third kappa shape index (κ3) is 4.65. The van der Waals surface area contributed by atoms with E-state index in [1.807, 2.05) is 24.3 Å². The van der Waals surface area contributed by atoms with E-state index >= 15 is 0 Å². The van der Waals surface area contributed by atoms with Crippen LogP contribution in [-0.4, -0.2) is 25.7 Å². The Kier molecular flexibility index (Phi) is 7.65. The minimum atomic E-state index is -0.595. The largest absolute Gasteiger partial charge is 0.370 e. The highest BCUT2D eigenvalue weighted by molar-refractivity contribution is 14.1. The minimum Gasteiger partial charge on any atom is -0.370 e. The Bertz CT molecular complexity index is 345. The lowest BCUT2D eigenvalue weighted by atomic mass is 10.3. The molecule has 1 amide bonds. The molecule has 0 bridgehead atoms. The van der Waals surface area contributed by atoms with Gasteiger partial charge in [0.2, 0.25) is 0 Å². The van der Waals surface area contributed by atoms with Crippen molar-refractivity contribution in [3.05, 3.63) is 27.8 Å². The monoisotopic (exact) mass is 356 g/mol. The first kappa shape index (κ1) is 15.6. The summed E-state index contributed by atoms with van der Waals surface area (Å²) in [4.78, 5) is 11.6. The Morgan fingerprint density at radius 3 is 2.81 bits per heavy atom. The summed E-state index contributed by atoms with van der Waals surface area (Å²) >= 11 is 2.18. The van der Waals surface area contributed by atoms with Crippen LogP contribution in [0.4, 0.5) is 5.69 Å². The van der Waals surface area contributed by atoms with Gasteiger partial charge in [-0.25, -0.2) is 0 Å². The summed E-state index contributed by atoms with van der Waals surface area (Å²) in [6.45, 7) is 0.173. The van der Waals surface area contributed by atoms with E-state index < -0.39 is 6.10 Å². The van der Waals surface area contributed by atoms with Crippen LogP contribution < -0.4 is 11.1 Å². The van der Waals surface area contributed by atoms with Gasteiger partial charge in [-0.1, -0.05) is 6.07 Å². The molecule has 6 heteroatoms. The molecule has 0 saturated heterocycles. The van der Waals surface area contributed by atoms with Gasteiger partial charge in [-0.3, -0.25) is 4.79 Å². The second-order valence-corrected chi connectivity index (χ2v) is 4.21. The topological polar surface area (TPSA) is 64.3 Å². The van der Waals surface area contributed by atoms with Gasteiger partial charge in [0.15, 0.2) is 0 Å². The number of carbonyl (C=O) groups is 1. The molecule has 0 heterocycles. The van der Waals surface area contributed by atoms with E-state index in [1.54, 1.807) is 0 Å². The van der Waals surface area contributed by atoms with Crippen molar-refractivity contribution in [2.45, 2.75) is 6.10 Å².